The van der Waals surface area contributed by atoms with Crippen LogP contribution in [0.2, 0.25) is 0 Å². The average molecular weight is 396 g/mol. The number of ether oxygens (including phenoxy) is 2. The predicted octanol–water partition coefficient (Wildman–Crippen LogP) is 2.76. The number of nitrogens with two attached hydrogens (primary N) is 1. The highest BCUT2D eigenvalue weighted by molar-refractivity contribution is 6.04. The van der Waals surface area contributed by atoms with Gasteiger partial charge in [-0.25, -0.2) is 9.80 Å². The van der Waals surface area contributed by atoms with Crippen LogP contribution in [0, 0.1) is 0 Å². The molecular formula is C21H24N4O4. The Bertz CT molecular complexity index is 925. The highest BCUT2D eigenvalue weighted by Gasteiger charge is 2.22. The Balaban J connectivity index is 1.70. The number of urea groups is 1. The van der Waals surface area contributed by atoms with Crippen LogP contribution in [0.25, 0.3) is 0 Å². The smallest absolute Gasteiger partial charge is 0.316 e. The molecule has 0 aromatic heterocycles. The molecule has 2 aromatic rings. The largest absolute Gasteiger partial charge is 0.493 e. The molecule has 3 rings (SSSR count). The highest BCUT2D eigenvalue weighted by atomic mass is 16.5. The number of nitrogens with zero attached hydrogens (tertiary/aromatic N) is 2. The SMILES string of the molecule is COc1ccc(C2=NN(CCc3ccc(NC(N)=O)cc3)C(=O)CC2)cc1OC. The number of carbonyl (C=O) groups is 2. The van der Waals surface area contributed by atoms with E-state index in [1.54, 1.807) is 26.4 Å². The van der Waals surface area contributed by atoms with Crippen LogP contribution in [0.3, 0.4) is 0 Å². The van der Waals surface area contributed by atoms with E-state index in [1.165, 1.54) is 5.01 Å². The standard InChI is InChI=1S/C21H24N4O4/c1-28-18-9-5-15(13-19(18)29-2)17-8-10-20(26)25(24-17)12-11-14-3-6-16(7-4-14)23-21(22)27/h3-7,9,13H,8,10-12H2,1-2H3,(H3,22,23,27). The molecule has 0 saturated carbocycles. The number of methoxy groups -OCH3 is 2. The summed E-state index contributed by atoms with van der Waals surface area (Å²) in [5.74, 6) is 1.27. The molecule has 0 saturated heterocycles. The minimum Gasteiger partial charge on any atom is -0.493 e. The van der Waals surface area contributed by atoms with Gasteiger partial charge in [0.25, 0.3) is 0 Å². The zero-order valence-corrected chi connectivity index (χ0v) is 16.5. The first-order valence-electron chi connectivity index (χ1n) is 9.26. The Labute approximate surface area is 169 Å². The molecule has 2 aromatic carbocycles. The van der Waals surface area contributed by atoms with Gasteiger partial charge in [0, 0.05) is 30.6 Å². The van der Waals surface area contributed by atoms with Crippen molar-refractivity contribution in [2.24, 2.45) is 10.8 Å². The molecule has 0 radical (unpaired) electrons. The second kappa shape index (κ2) is 9.09. The van der Waals surface area contributed by atoms with E-state index in [4.69, 9.17) is 15.2 Å². The molecular weight excluding hydrogens is 372 g/mol. The molecule has 0 spiro atoms. The number of nitrogens with one attached hydrogen (secondary N) is 1. The summed E-state index contributed by atoms with van der Waals surface area (Å²) < 4.78 is 10.6. The molecule has 0 unspecified atom stereocenters. The van der Waals surface area contributed by atoms with Gasteiger partial charge in [-0.3, -0.25) is 4.79 Å². The van der Waals surface area contributed by atoms with E-state index in [-0.39, 0.29) is 5.91 Å². The minimum atomic E-state index is -0.603. The number of anilines is 1. The van der Waals surface area contributed by atoms with Crippen molar-refractivity contribution < 1.29 is 19.1 Å². The lowest BCUT2D eigenvalue weighted by atomic mass is 10.0. The van der Waals surface area contributed by atoms with Crippen LogP contribution >= 0.6 is 0 Å². The summed E-state index contributed by atoms with van der Waals surface area (Å²) in [6.45, 7) is 0.470. The minimum absolute atomic E-state index is 0.00115. The normalized spacial score (nSPS) is 13.7. The van der Waals surface area contributed by atoms with E-state index in [1.807, 2.05) is 30.3 Å². The maximum Gasteiger partial charge on any atom is 0.316 e. The van der Waals surface area contributed by atoms with Gasteiger partial charge < -0.3 is 20.5 Å². The predicted molar refractivity (Wildman–Crippen MR) is 110 cm³/mol. The van der Waals surface area contributed by atoms with E-state index in [0.717, 1.165) is 16.8 Å². The maximum atomic E-state index is 12.3. The van der Waals surface area contributed by atoms with Gasteiger partial charge in [0.05, 0.1) is 19.9 Å². The summed E-state index contributed by atoms with van der Waals surface area (Å²) in [7, 11) is 3.18. The molecule has 0 atom stereocenters. The average Bonchev–Trinajstić information content (AvgIpc) is 2.73. The lowest BCUT2D eigenvalue weighted by Crippen LogP contribution is -2.33. The second-order valence-corrected chi connectivity index (χ2v) is 6.57. The molecule has 0 fully saturated rings. The first kappa shape index (κ1) is 20.2. The van der Waals surface area contributed by atoms with Gasteiger partial charge >= 0.3 is 6.03 Å². The fraction of sp³-hybridized carbons (Fsp3) is 0.286. The topological polar surface area (TPSA) is 106 Å². The Kier molecular flexibility index (Phi) is 6.33. The van der Waals surface area contributed by atoms with Crippen molar-refractivity contribution in [2.75, 3.05) is 26.1 Å². The van der Waals surface area contributed by atoms with Crippen molar-refractivity contribution in [3.8, 4) is 11.5 Å². The number of rotatable bonds is 7. The van der Waals surface area contributed by atoms with E-state index in [9.17, 15) is 9.59 Å². The van der Waals surface area contributed by atoms with Crippen LogP contribution < -0.4 is 20.5 Å². The molecule has 1 aliphatic heterocycles. The van der Waals surface area contributed by atoms with Crippen LogP contribution in [0.4, 0.5) is 10.5 Å². The third kappa shape index (κ3) is 5.04. The van der Waals surface area contributed by atoms with Gasteiger partial charge in [0.2, 0.25) is 5.91 Å². The van der Waals surface area contributed by atoms with E-state index in [0.29, 0.717) is 43.0 Å². The third-order valence-corrected chi connectivity index (χ3v) is 4.66. The summed E-state index contributed by atoms with van der Waals surface area (Å²) in [5.41, 5.74) is 8.51. The van der Waals surface area contributed by atoms with E-state index >= 15 is 0 Å². The summed E-state index contributed by atoms with van der Waals surface area (Å²) in [6, 6.07) is 12.3. The number of primary amides is 1. The lowest BCUT2D eigenvalue weighted by Gasteiger charge is -2.24. The van der Waals surface area contributed by atoms with Crippen LogP contribution in [0.1, 0.15) is 24.0 Å². The number of amides is 3. The van der Waals surface area contributed by atoms with Crippen LogP contribution in [0.5, 0.6) is 11.5 Å². The van der Waals surface area contributed by atoms with Gasteiger partial charge in [-0.2, -0.15) is 5.10 Å². The molecule has 29 heavy (non-hydrogen) atoms. The number of hydrazone groups is 1. The summed E-state index contributed by atoms with van der Waals surface area (Å²) in [5, 5.41) is 8.60. The van der Waals surface area contributed by atoms with Crippen molar-refractivity contribution in [3.05, 3.63) is 53.6 Å². The molecule has 0 aliphatic carbocycles. The summed E-state index contributed by atoms with van der Waals surface area (Å²) in [6.07, 6.45) is 1.64. The van der Waals surface area contributed by atoms with Crippen molar-refractivity contribution in [3.63, 3.8) is 0 Å². The fourth-order valence-corrected chi connectivity index (χ4v) is 3.13. The fourth-order valence-electron chi connectivity index (χ4n) is 3.13. The second-order valence-electron chi connectivity index (χ2n) is 6.57. The Hall–Kier alpha value is -3.55. The van der Waals surface area contributed by atoms with Crippen molar-refractivity contribution in [2.45, 2.75) is 19.3 Å². The Morgan fingerprint density at radius 3 is 2.48 bits per heavy atom. The zero-order chi connectivity index (χ0) is 20.8. The molecule has 8 nitrogen and oxygen atoms in total. The number of carbonyl (C=O) groups excluding carboxylic acids is 2. The Morgan fingerprint density at radius 1 is 1.10 bits per heavy atom. The Morgan fingerprint density at radius 2 is 1.83 bits per heavy atom. The first-order valence-corrected chi connectivity index (χ1v) is 9.26. The zero-order valence-electron chi connectivity index (χ0n) is 16.5. The van der Waals surface area contributed by atoms with Gasteiger partial charge in [0.15, 0.2) is 11.5 Å². The molecule has 152 valence electrons. The monoisotopic (exact) mass is 396 g/mol. The third-order valence-electron chi connectivity index (χ3n) is 4.66. The molecule has 1 heterocycles. The molecule has 0 bridgehead atoms. The molecule has 8 heteroatoms. The maximum absolute atomic E-state index is 12.3. The van der Waals surface area contributed by atoms with E-state index in [2.05, 4.69) is 10.4 Å². The van der Waals surface area contributed by atoms with Crippen molar-refractivity contribution in [1.29, 1.82) is 0 Å². The van der Waals surface area contributed by atoms with Gasteiger partial charge in [-0.05, 0) is 42.3 Å². The van der Waals surface area contributed by atoms with Gasteiger partial charge in [-0.1, -0.05) is 12.1 Å². The van der Waals surface area contributed by atoms with Crippen LogP contribution in [-0.4, -0.2) is 43.4 Å². The van der Waals surface area contributed by atoms with Crippen molar-refractivity contribution >= 4 is 23.3 Å². The molecule has 3 N–H and O–H groups in total. The quantitative estimate of drug-likeness (QED) is 0.750. The van der Waals surface area contributed by atoms with Crippen LogP contribution in [-0.2, 0) is 11.2 Å². The highest BCUT2D eigenvalue weighted by Crippen LogP contribution is 2.29. The summed E-state index contributed by atoms with van der Waals surface area (Å²) in [4.78, 5) is 23.2. The molecule has 1 aliphatic rings. The van der Waals surface area contributed by atoms with E-state index < -0.39 is 6.03 Å². The lowest BCUT2D eigenvalue weighted by molar-refractivity contribution is -0.131. The van der Waals surface area contributed by atoms with Crippen molar-refractivity contribution in [1.82, 2.24) is 5.01 Å². The summed E-state index contributed by atoms with van der Waals surface area (Å²) >= 11 is 0. The van der Waals surface area contributed by atoms with Gasteiger partial charge in [-0.15, -0.1) is 0 Å². The first-order chi connectivity index (χ1) is 14.0. The van der Waals surface area contributed by atoms with Crippen LogP contribution in [0.15, 0.2) is 47.6 Å². The number of benzene rings is 2. The van der Waals surface area contributed by atoms with Gasteiger partial charge in [0.1, 0.15) is 0 Å². The number of hydrogen-bond acceptors (Lipinski definition) is 5. The molecule has 3 amide bonds. The number of hydrogen-bond donors (Lipinski definition) is 2.